The molecule has 2 aromatic carbocycles. The Morgan fingerprint density at radius 2 is 1.80 bits per heavy atom. The van der Waals surface area contributed by atoms with Crippen LogP contribution in [-0.2, 0) is 27.3 Å². The first-order chi connectivity index (χ1) is 21.2. The summed E-state index contributed by atoms with van der Waals surface area (Å²) < 4.78 is 28.3. The van der Waals surface area contributed by atoms with Crippen LogP contribution in [0.1, 0.15) is 34.8 Å². The van der Waals surface area contributed by atoms with Gasteiger partial charge in [-0.3, -0.25) is 29.0 Å². The predicted molar refractivity (Wildman–Crippen MR) is 162 cm³/mol. The highest BCUT2D eigenvalue weighted by Crippen LogP contribution is 2.58. The van der Waals surface area contributed by atoms with E-state index in [1.165, 1.54) is 13.2 Å². The summed E-state index contributed by atoms with van der Waals surface area (Å²) >= 11 is 0. The molecule has 5 rings (SSSR count). The Morgan fingerprint density at radius 1 is 1.13 bits per heavy atom. The number of carbonyl (C=O) groups is 4. The summed E-state index contributed by atoms with van der Waals surface area (Å²) in [5.41, 5.74) is 9.48. The number of benzene rings is 2. The van der Waals surface area contributed by atoms with Gasteiger partial charge in [0, 0.05) is 29.2 Å². The van der Waals surface area contributed by atoms with E-state index in [4.69, 9.17) is 20.9 Å². The number of carbonyl (C=O) groups excluding carboxylic acids is 4. The Labute approximate surface area is 260 Å². The van der Waals surface area contributed by atoms with Crippen LogP contribution in [-0.4, -0.2) is 79.1 Å². The Kier molecular flexibility index (Phi) is 8.32. The summed E-state index contributed by atoms with van der Waals surface area (Å²) in [6.45, 7) is 1.57. The minimum Gasteiger partial charge on any atom is -0.510 e. The van der Waals surface area contributed by atoms with Crippen molar-refractivity contribution in [1.29, 1.82) is 0 Å². The maximum atomic E-state index is 16.3. The van der Waals surface area contributed by atoms with Crippen LogP contribution in [0.3, 0.4) is 0 Å². The second-order valence-corrected chi connectivity index (χ2v) is 12.3. The lowest BCUT2D eigenvalue weighted by Crippen LogP contribution is -2.59. The molecular weight excluding hydrogens is 583 g/mol. The highest BCUT2D eigenvalue weighted by Gasteiger charge is 2.61. The molecule has 5 N–H and O–H groups in total. The number of nitrogens with zero attached hydrogens (tertiary/aromatic N) is 2. The number of Topliss-reactive ketones (excluding diaryl/α,β-unsaturated/α-hetero) is 2. The van der Waals surface area contributed by atoms with Crippen LogP contribution >= 0.6 is 0 Å². The molecule has 0 heterocycles. The van der Waals surface area contributed by atoms with Gasteiger partial charge in [0.2, 0.25) is 5.91 Å². The molecule has 0 fully saturated rings. The molecule has 0 unspecified atom stereocenters. The minimum absolute atomic E-state index is 0.0217. The third-order valence-corrected chi connectivity index (χ3v) is 9.20. The van der Waals surface area contributed by atoms with Crippen molar-refractivity contribution in [3.63, 3.8) is 0 Å². The first-order valence-electron chi connectivity index (χ1n) is 14.5. The monoisotopic (exact) mass is 620 g/mol. The standard InChI is InChI=1S/C33H37FN4O7/c1-33-20(27(37(2)3)29(41)25(30(33)42)32(36)43)12-16-11-19-24(28(40)23(16)31(33)45-18-9-7-6-8-10-18)21(44-5)13-17(26(19)34)14-38(4)15-22(35)39/h6-10,13,16,20,27,42H,11-12,14-15H2,1-5H3,(H2,35,39)(H2,36,43)/t16-,20-,27-,33-/m0/s1. The topological polar surface area (TPSA) is 165 Å². The van der Waals surface area contributed by atoms with Crippen molar-refractivity contribution in [3.05, 3.63) is 81.6 Å². The van der Waals surface area contributed by atoms with E-state index in [2.05, 4.69) is 0 Å². The van der Waals surface area contributed by atoms with Gasteiger partial charge in [0.15, 0.2) is 11.6 Å². The van der Waals surface area contributed by atoms with Gasteiger partial charge in [-0.2, -0.15) is 0 Å². The smallest absolute Gasteiger partial charge is 0.255 e. The number of aliphatic hydroxyl groups is 1. The number of primary amides is 2. The normalized spacial score (nSPS) is 24.4. The molecule has 0 spiro atoms. The van der Waals surface area contributed by atoms with E-state index in [0.29, 0.717) is 5.75 Å². The Bertz CT molecular complexity index is 1670. The lowest BCUT2D eigenvalue weighted by Gasteiger charge is -2.52. The summed E-state index contributed by atoms with van der Waals surface area (Å²) in [7, 11) is 6.36. The molecule has 238 valence electrons. The van der Waals surface area contributed by atoms with Gasteiger partial charge in [-0.1, -0.05) is 18.2 Å². The zero-order valence-corrected chi connectivity index (χ0v) is 25.8. The van der Waals surface area contributed by atoms with E-state index < -0.39 is 63.8 Å². The molecule has 3 aliphatic rings. The number of methoxy groups -OCH3 is 1. The minimum atomic E-state index is -1.52. The van der Waals surface area contributed by atoms with Crippen LogP contribution in [0, 0.1) is 23.1 Å². The van der Waals surface area contributed by atoms with Crippen LogP contribution in [0.4, 0.5) is 4.39 Å². The molecule has 0 bridgehead atoms. The molecule has 4 atom stereocenters. The predicted octanol–water partition coefficient (Wildman–Crippen LogP) is 2.28. The van der Waals surface area contributed by atoms with Crippen molar-refractivity contribution in [2.45, 2.75) is 32.4 Å². The van der Waals surface area contributed by atoms with E-state index in [1.807, 2.05) is 0 Å². The molecule has 2 amide bonds. The highest BCUT2D eigenvalue weighted by atomic mass is 19.1. The van der Waals surface area contributed by atoms with Crippen molar-refractivity contribution in [1.82, 2.24) is 9.80 Å². The van der Waals surface area contributed by atoms with Gasteiger partial charge in [-0.25, -0.2) is 4.39 Å². The summed E-state index contributed by atoms with van der Waals surface area (Å²) in [5.74, 6) is -4.74. The van der Waals surface area contributed by atoms with Crippen molar-refractivity contribution >= 4 is 23.4 Å². The highest BCUT2D eigenvalue weighted by molar-refractivity contribution is 6.22. The SMILES string of the molecule is COc1cc(CN(C)CC(N)=O)c(F)c2c1C(=O)C1=C(Oc3ccccc3)[C@]3(C)C(O)=C(C(N)=O)C(=O)[C@@H](N(C)C)[C@@H]3C[C@@H]1C2. The zero-order valence-electron chi connectivity index (χ0n) is 25.8. The molecule has 0 aliphatic heterocycles. The molecule has 0 radical (unpaired) electrons. The van der Waals surface area contributed by atoms with E-state index in [-0.39, 0.29) is 59.7 Å². The zero-order chi connectivity index (χ0) is 33.0. The number of fused-ring (bicyclic) bond motifs is 3. The largest absolute Gasteiger partial charge is 0.510 e. The van der Waals surface area contributed by atoms with Crippen LogP contribution in [0.5, 0.6) is 11.5 Å². The van der Waals surface area contributed by atoms with Crippen molar-refractivity contribution in [2.24, 2.45) is 28.7 Å². The number of nitrogens with two attached hydrogens (primary N) is 2. The Balaban J connectivity index is 1.78. The number of hydrogen-bond donors (Lipinski definition) is 3. The molecule has 0 saturated heterocycles. The van der Waals surface area contributed by atoms with Gasteiger partial charge < -0.3 is 26.0 Å². The lowest BCUT2D eigenvalue weighted by atomic mass is 9.54. The number of amides is 2. The number of allylic oxidation sites excluding steroid dienone is 1. The fraction of sp³-hybridized carbons (Fsp3) is 0.394. The molecular formula is C33H37FN4O7. The average Bonchev–Trinajstić information content (AvgIpc) is 2.96. The average molecular weight is 621 g/mol. The second-order valence-electron chi connectivity index (χ2n) is 12.3. The lowest BCUT2D eigenvalue weighted by molar-refractivity contribution is -0.130. The Morgan fingerprint density at radius 3 is 2.38 bits per heavy atom. The van der Waals surface area contributed by atoms with E-state index >= 15 is 4.39 Å². The number of ketones is 2. The third-order valence-electron chi connectivity index (χ3n) is 9.20. The van der Waals surface area contributed by atoms with E-state index in [0.717, 1.165) is 0 Å². The molecule has 0 saturated carbocycles. The molecule has 12 heteroatoms. The number of rotatable bonds is 9. The van der Waals surface area contributed by atoms with E-state index in [1.54, 1.807) is 68.2 Å². The summed E-state index contributed by atoms with van der Waals surface area (Å²) in [4.78, 5) is 55.5. The molecule has 11 nitrogen and oxygen atoms in total. The van der Waals surface area contributed by atoms with Crippen molar-refractivity contribution in [2.75, 3.05) is 34.8 Å². The fourth-order valence-corrected chi connectivity index (χ4v) is 7.26. The van der Waals surface area contributed by atoms with Gasteiger partial charge in [0.05, 0.1) is 30.7 Å². The number of likely N-dealkylation sites (N-methyl/N-ethyl adjacent to an activating group) is 2. The van der Waals surface area contributed by atoms with Gasteiger partial charge >= 0.3 is 0 Å². The molecule has 3 aliphatic carbocycles. The van der Waals surface area contributed by atoms with Gasteiger partial charge in [0.1, 0.15) is 34.4 Å². The fourth-order valence-electron chi connectivity index (χ4n) is 7.26. The number of hydrogen-bond acceptors (Lipinski definition) is 9. The number of halogens is 1. The summed E-state index contributed by atoms with van der Waals surface area (Å²) in [5, 5.41) is 11.7. The number of aliphatic hydroxyl groups excluding tert-OH is 1. The van der Waals surface area contributed by atoms with Crippen LogP contribution in [0.25, 0.3) is 0 Å². The first-order valence-corrected chi connectivity index (χ1v) is 14.5. The van der Waals surface area contributed by atoms with Gasteiger partial charge in [-0.05, 0) is 65.0 Å². The Hall–Kier alpha value is -4.55. The quantitative estimate of drug-likeness (QED) is 0.357. The maximum Gasteiger partial charge on any atom is 0.255 e. The first kappa shape index (κ1) is 31.9. The third kappa shape index (κ3) is 5.17. The van der Waals surface area contributed by atoms with Crippen molar-refractivity contribution in [3.8, 4) is 11.5 Å². The molecule has 0 aromatic heterocycles. The van der Waals surface area contributed by atoms with Gasteiger partial charge in [0.25, 0.3) is 5.91 Å². The van der Waals surface area contributed by atoms with Crippen LogP contribution in [0.15, 0.2) is 59.1 Å². The number of para-hydroxylation sites is 1. The maximum absolute atomic E-state index is 16.3. The van der Waals surface area contributed by atoms with Crippen LogP contribution < -0.4 is 20.9 Å². The number of ether oxygens (including phenoxy) is 2. The summed E-state index contributed by atoms with van der Waals surface area (Å²) in [6, 6.07) is 9.15. The second kappa shape index (κ2) is 11.8. The molecule has 2 aromatic rings. The van der Waals surface area contributed by atoms with E-state index in [9.17, 15) is 24.3 Å². The van der Waals surface area contributed by atoms with Crippen molar-refractivity contribution < 1.29 is 38.1 Å². The summed E-state index contributed by atoms with van der Waals surface area (Å²) in [6.07, 6.45) is 0.263. The van der Waals surface area contributed by atoms with Gasteiger partial charge in [-0.15, -0.1) is 0 Å². The van der Waals surface area contributed by atoms with Crippen LogP contribution in [0.2, 0.25) is 0 Å². The molecule has 45 heavy (non-hydrogen) atoms.